The molecule has 0 bridgehead atoms. The summed E-state index contributed by atoms with van der Waals surface area (Å²) >= 11 is 0. The average Bonchev–Trinajstić information content (AvgIpc) is 3.54. The van der Waals surface area contributed by atoms with Crippen molar-refractivity contribution in [2.24, 2.45) is 10.2 Å². The first-order valence-electron chi connectivity index (χ1n) is 12.9. The van der Waals surface area contributed by atoms with Crippen LogP contribution in [-0.2, 0) is 0 Å². The van der Waals surface area contributed by atoms with Gasteiger partial charge in [0, 0.05) is 11.1 Å². The van der Waals surface area contributed by atoms with Crippen LogP contribution < -0.4 is 11.2 Å². The number of rotatable bonds is 4. The summed E-state index contributed by atoms with van der Waals surface area (Å²) in [5.74, 6) is -0.897. The molecule has 1 unspecified atom stereocenters. The number of aromatic nitrogens is 4. The van der Waals surface area contributed by atoms with Crippen LogP contribution in [0, 0.1) is 11.6 Å². The molecule has 0 amide bonds. The minimum Gasteiger partial charge on any atom is -0.458 e. The number of nitrogen functional groups attached to an aromatic ring is 1. The molecule has 0 spiro atoms. The lowest BCUT2D eigenvalue weighted by Crippen LogP contribution is -2.17. The third-order valence-electron chi connectivity index (χ3n) is 7.42. The second kappa shape index (κ2) is 9.12. The van der Waals surface area contributed by atoms with Crippen LogP contribution in [0.15, 0.2) is 97.4 Å². The molecule has 2 aromatic carbocycles. The van der Waals surface area contributed by atoms with Gasteiger partial charge >= 0.3 is 0 Å². The monoisotopic (exact) mass is 549 g/mol. The van der Waals surface area contributed by atoms with Gasteiger partial charge in [-0.2, -0.15) is 15.3 Å². The van der Waals surface area contributed by atoms with Crippen molar-refractivity contribution in [3.05, 3.63) is 111 Å². The van der Waals surface area contributed by atoms with Gasteiger partial charge in [0.25, 0.3) is 0 Å². The van der Waals surface area contributed by atoms with E-state index in [1.807, 2.05) is 19.1 Å². The normalized spacial score (nSPS) is 15.4. The van der Waals surface area contributed by atoms with Crippen LogP contribution in [-0.4, -0.2) is 19.7 Å². The Labute approximate surface area is 231 Å². The number of anilines is 1. The summed E-state index contributed by atoms with van der Waals surface area (Å²) < 4.78 is 37.0. The largest absolute Gasteiger partial charge is 0.458 e. The fourth-order valence-corrected chi connectivity index (χ4v) is 5.39. The van der Waals surface area contributed by atoms with Crippen LogP contribution in [0.1, 0.15) is 37.8 Å². The second-order valence-corrected chi connectivity index (χ2v) is 9.88. The third-order valence-corrected chi connectivity index (χ3v) is 7.42. The quantitative estimate of drug-likeness (QED) is 0.274. The SMILES string of the molecule is CC1=C2CC=C(c3nn(C(C)c4oc5cccc(F)c5c(=O)c4-c4cccc(F)c4)c4ncnc(N)c34)C=C2N=N1. The van der Waals surface area contributed by atoms with E-state index in [0.29, 0.717) is 23.1 Å². The highest BCUT2D eigenvalue weighted by molar-refractivity contribution is 5.98. The van der Waals surface area contributed by atoms with Crippen molar-refractivity contribution in [3.8, 4) is 11.1 Å². The van der Waals surface area contributed by atoms with Crippen molar-refractivity contribution in [2.45, 2.75) is 26.3 Å². The molecule has 11 heteroatoms. The molecule has 41 heavy (non-hydrogen) atoms. The molecule has 1 atom stereocenters. The Bertz CT molecular complexity index is 2120. The summed E-state index contributed by atoms with van der Waals surface area (Å²) in [4.78, 5) is 22.4. The molecular weight excluding hydrogens is 528 g/mol. The van der Waals surface area contributed by atoms with Gasteiger partial charge in [-0.1, -0.05) is 24.3 Å². The van der Waals surface area contributed by atoms with Gasteiger partial charge in [0.1, 0.15) is 52.2 Å². The topological polar surface area (TPSA) is 125 Å². The fraction of sp³-hybridized carbons (Fsp3) is 0.133. The number of benzene rings is 2. The van der Waals surface area contributed by atoms with E-state index >= 15 is 0 Å². The molecule has 0 saturated carbocycles. The number of hydrogen-bond acceptors (Lipinski definition) is 8. The van der Waals surface area contributed by atoms with E-state index in [0.717, 1.165) is 22.5 Å². The maximum atomic E-state index is 14.8. The van der Waals surface area contributed by atoms with E-state index in [4.69, 9.17) is 15.2 Å². The third kappa shape index (κ3) is 3.80. The zero-order chi connectivity index (χ0) is 28.4. The van der Waals surface area contributed by atoms with Crippen molar-refractivity contribution in [1.82, 2.24) is 19.7 Å². The van der Waals surface area contributed by atoms with Gasteiger partial charge in [0.05, 0.1) is 22.3 Å². The average molecular weight is 550 g/mol. The molecule has 1 aliphatic carbocycles. The summed E-state index contributed by atoms with van der Waals surface area (Å²) in [6.45, 7) is 3.68. The zero-order valence-electron chi connectivity index (χ0n) is 21.9. The summed E-state index contributed by atoms with van der Waals surface area (Å²) in [5.41, 5.74) is 10.4. The number of nitrogens with zero attached hydrogens (tertiary/aromatic N) is 6. The Morgan fingerprint density at radius 1 is 1.07 bits per heavy atom. The van der Waals surface area contributed by atoms with Crippen molar-refractivity contribution < 1.29 is 13.2 Å². The van der Waals surface area contributed by atoms with Crippen molar-refractivity contribution >= 4 is 33.4 Å². The van der Waals surface area contributed by atoms with Crippen molar-refractivity contribution in [1.29, 1.82) is 0 Å². The number of hydrogen-bond donors (Lipinski definition) is 1. The summed E-state index contributed by atoms with van der Waals surface area (Å²) in [7, 11) is 0. The predicted octanol–water partition coefficient (Wildman–Crippen LogP) is 6.48. The van der Waals surface area contributed by atoms with Gasteiger partial charge < -0.3 is 10.2 Å². The van der Waals surface area contributed by atoms with Crippen LogP contribution in [0.3, 0.4) is 0 Å². The molecule has 7 rings (SSSR count). The van der Waals surface area contributed by atoms with Crippen molar-refractivity contribution in [2.75, 3.05) is 5.73 Å². The second-order valence-electron chi connectivity index (χ2n) is 9.88. The minimum absolute atomic E-state index is 0.0254. The number of halogens is 2. The van der Waals surface area contributed by atoms with Gasteiger partial charge in [-0.15, -0.1) is 0 Å². The number of fused-ring (bicyclic) bond motifs is 3. The van der Waals surface area contributed by atoms with Crippen LogP contribution in [0.25, 0.3) is 38.7 Å². The first kappa shape index (κ1) is 24.7. The highest BCUT2D eigenvalue weighted by Crippen LogP contribution is 2.39. The van der Waals surface area contributed by atoms with Crippen LogP contribution in [0.4, 0.5) is 14.6 Å². The highest BCUT2D eigenvalue weighted by Gasteiger charge is 2.29. The lowest BCUT2D eigenvalue weighted by molar-refractivity contribution is 0.443. The van der Waals surface area contributed by atoms with E-state index < -0.39 is 23.1 Å². The molecule has 1 aliphatic heterocycles. The van der Waals surface area contributed by atoms with E-state index in [-0.39, 0.29) is 33.7 Å². The molecule has 5 aromatic rings. The van der Waals surface area contributed by atoms with Gasteiger partial charge in [-0.3, -0.25) is 4.79 Å². The lowest BCUT2D eigenvalue weighted by atomic mass is 9.96. The zero-order valence-corrected chi connectivity index (χ0v) is 21.9. The predicted molar refractivity (Wildman–Crippen MR) is 150 cm³/mol. The smallest absolute Gasteiger partial charge is 0.203 e. The molecule has 0 fully saturated rings. The van der Waals surface area contributed by atoms with Crippen LogP contribution >= 0.6 is 0 Å². The van der Waals surface area contributed by atoms with Gasteiger partial charge in [-0.05, 0) is 56.2 Å². The van der Waals surface area contributed by atoms with Crippen LogP contribution in [0.5, 0.6) is 0 Å². The molecular formula is C30H21F2N7O2. The minimum atomic E-state index is -0.750. The number of azo groups is 1. The summed E-state index contributed by atoms with van der Waals surface area (Å²) in [6, 6.07) is 8.94. The Morgan fingerprint density at radius 2 is 1.90 bits per heavy atom. The summed E-state index contributed by atoms with van der Waals surface area (Å²) in [6.07, 6.45) is 5.85. The Kier molecular flexibility index (Phi) is 5.49. The summed E-state index contributed by atoms with van der Waals surface area (Å²) in [5, 5.41) is 13.6. The Morgan fingerprint density at radius 3 is 2.73 bits per heavy atom. The maximum Gasteiger partial charge on any atom is 0.203 e. The van der Waals surface area contributed by atoms with Gasteiger partial charge in [0.2, 0.25) is 5.43 Å². The fourth-order valence-electron chi connectivity index (χ4n) is 5.39. The molecule has 3 aromatic heterocycles. The number of nitrogens with two attached hydrogens (primary N) is 1. The molecule has 2 aliphatic rings. The molecule has 0 radical (unpaired) electrons. The van der Waals surface area contributed by atoms with Crippen molar-refractivity contribution in [3.63, 3.8) is 0 Å². The highest BCUT2D eigenvalue weighted by atomic mass is 19.1. The van der Waals surface area contributed by atoms with Gasteiger partial charge in [-0.25, -0.2) is 23.4 Å². The lowest BCUT2D eigenvalue weighted by Gasteiger charge is -2.17. The van der Waals surface area contributed by atoms with E-state index in [1.54, 1.807) is 17.7 Å². The molecule has 0 saturated heterocycles. The van der Waals surface area contributed by atoms with E-state index in [1.165, 1.54) is 42.7 Å². The van der Waals surface area contributed by atoms with E-state index in [2.05, 4.69) is 20.2 Å². The van der Waals surface area contributed by atoms with Crippen LogP contribution in [0.2, 0.25) is 0 Å². The number of allylic oxidation sites excluding steroid dienone is 5. The maximum absolute atomic E-state index is 14.8. The molecule has 202 valence electrons. The molecule has 9 nitrogen and oxygen atoms in total. The standard InChI is InChI=1S/C30H21F2N7O2/c1-14-19-10-9-17(12-21(19)37-36-14)26-25-29(33)34-13-35-30(25)39(38-26)15(2)28-23(16-5-3-6-18(31)11-16)27(40)24-20(32)7-4-8-22(24)41-28/h3-9,11-13,15H,10H2,1-2H3,(H2,33,34,35). The first-order valence-corrected chi connectivity index (χ1v) is 12.9. The van der Waals surface area contributed by atoms with Gasteiger partial charge in [0.15, 0.2) is 5.65 Å². The molecule has 4 heterocycles. The molecule has 2 N–H and O–H groups in total. The first-order chi connectivity index (χ1) is 19.8. The Hall–Kier alpha value is -5.32. The Balaban J connectivity index is 1.47. The van der Waals surface area contributed by atoms with E-state index in [9.17, 15) is 13.6 Å².